The van der Waals surface area contributed by atoms with E-state index in [0.717, 1.165) is 13.0 Å². The summed E-state index contributed by atoms with van der Waals surface area (Å²) in [6.45, 7) is 3.14. The zero-order valence-electron chi connectivity index (χ0n) is 9.48. The van der Waals surface area contributed by atoms with Gasteiger partial charge in [-0.05, 0) is 24.8 Å². The fraction of sp³-hybridized carbons (Fsp3) is 0.462. The number of hydrogen-bond acceptors (Lipinski definition) is 3. The summed E-state index contributed by atoms with van der Waals surface area (Å²) in [6.07, 6.45) is 0.836. The van der Waals surface area contributed by atoms with Crippen LogP contribution in [-0.2, 0) is 9.53 Å². The Bertz CT molecular complexity index is 350. The van der Waals surface area contributed by atoms with Crippen molar-refractivity contribution in [3.63, 3.8) is 0 Å². The summed E-state index contributed by atoms with van der Waals surface area (Å²) >= 11 is 0. The van der Waals surface area contributed by atoms with Crippen molar-refractivity contribution < 1.29 is 9.53 Å². The zero-order chi connectivity index (χ0) is 11.4. The molecule has 1 fully saturated rings. The lowest BCUT2D eigenvalue weighted by molar-refractivity contribution is -0.145. The van der Waals surface area contributed by atoms with Gasteiger partial charge in [0.1, 0.15) is 6.04 Å². The van der Waals surface area contributed by atoms with E-state index in [1.165, 1.54) is 5.56 Å². The molecular formula is C13H17NO2. The molecule has 3 heteroatoms. The lowest BCUT2D eigenvalue weighted by atomic mass is 9.96. The molecule has 1 saturated heterocycles. The van der Waals surface area contributed by atoms with Crippen LogP contribution in [0.25, 0.3) is 0 Å². The van der Waals surface area contributed by atoms with E-state index in [0.29, 0.717) is 12.5 Å². The van der Waals surface area contributed by atoms with Crippen LogP contribution in [-0.4, -0.2) is 25.2 Å². The fourth-order valence-electron chi connectivity index (χ4n) is 2.14. The molecule has 0 radical (unpaired) electrons. The highest BCUT2D eigenvalue weighted by molar-refractivity contribution is 5.76. The van der Waals surface area contributed by atoms with Crippen molar-refractivity contribution in [1.29, 1.82) is 0 Å². The molecule has 1 heterocycles. The maximum atomic E-state index is 11.5. The average molecular weight is 219 g/mol. The standard InChI is InChI=1S/C13H17NO2/c1-2-16-13(15)12-8-11(9-14-12)10-6-4-3-5-7-10/h3-7,11-12,14H,2,8-9H2,1H3/t11?,12-/m0/s1. The molecular weight excluding hydrogens is 202 g/mol. The van der Waals surface area contributed by atoms with Crippen molar-refractivity contribution in [3.8, 4) is 0 Å². The largest absolute Gasteiger partial charge is 0.465 e. The number of rotatable bonds is 3. The van der Waals surface area contributed by atoms with E-state index in [2.05, 4.69) is 17.4 Å². The Morgan fingerprint density at radius 2 is 2.19 bits per heavy atom. The normalized spacial score (nSPS) is 24.3. The van der Waals surface area contributed by atoms with Crippen molar-refractivity contribution in [2.75, 3.05) is 13.2 Å². The summed E-state index contributed by atoms with van der Waals surface area (Å²) in [5, 5.41) is 3.22. The van der Waals surface area contributed by atoms with Gasteiger partial charge in [0.25, 0.3) is 0 Å². The third kappa shape index (κ3) is 2.42. The molecule has 1 aliphatic rings. The van der Waals surface area contributed by atoms with Crippen LogP contribution < -0.4 is 5.32 Å². The molecule has 0 bridgehead atoms. The summed E-state index contributed by atoms with van der Waals surface area (Å²) < 4.78 is 5.01. The molecule has 1 aromatic rings. The predicted octanol–water partition coefficient (Wildman–Crippen LogP) is 1.70. The highest BCUT2D eigenvalue weighted by Gasteiger charge is 2.30. The van der Waals surface area contributed by atoms with Gasteiger partial charge >= 0.3 is 5.97 Å². The lowest BCUT2D eigenvalue weighted by Gasteiger charge is -2.09. The van der Waals surface area contributed by atoms with E-state index in [1.54, 1.807) is 0 Å². The maximum Gasteiger partial charge on any atom is 0.323 e. The van der Waals surface area contributed by atoms with Crippen LogP contribution >= 0.6 is 0 Å². The van der Waals surface area contributed by atoms with Gasteiger partial charge in [0.2, 0.25) is 0 Å². The quantitative estimate of drug-likeness (QED) is 0.786. The summed E-state index contributed by atoms with van der Waals surface area (Å²) in [5.74, 6) is 0.302. The van der Waals surface area contributed by atoms with Gasteiger partial charge in [-0.2, -0.15) is 0 Å². The monoisotopic (exact) mass is 219 g/mol. The summed E-state index contributed by atoms with van der Waals surface area (Å²) in [7, 11) is 0. The molecule has 0 spiro atoms. The van der Waals surface area contributed by atoms with Crippen molar-refractivity contribution in [2.45, 2.75) is 25.3 Å². The lowest BCUT2D eigenvalue weighted by Crippen LogP contribution is -2.32. The fourth-order valence-corrected chi connectivity index (χ4v) is 2.14. The summed E-state index contributed by atoms with van der Waals surface area (Å²) in [4.78, 5) is 11.5. The molecule has 16 heavy (non-hydrogen) atoms. The Labute approximate surface area is 95.8 Å². The van der Waals surface area contributed by atoms with Gasteiger partial charge in [-0.3, -0.25) is 4.79 Å². The van der Waals surface area contributed by atoms with E-state index in [9.17, 15) is 4.79 Å². The van der Waals surface area contributed by atoms with Gasteiger partial charge in [0, 0.05) is 6.54 Å². The van der Waals surface area contributed by atoms with Crippen molar-refractivity contribution in [1.82, 2.24) is 5.32 Å². The van der Waals surface area contributed by atoms with E-state index in [-0.39, 0.29) is 12.0 Å². The van der Waals surface area contributed by atoms with Crippen LogP contribution in [0.2, 0.25) is 0 Å². The van der Waals surface area contributed by atoms with Crippen LogP contribution in [0.5, 0.6) is 0 Å². The van der Waals surface area contributed by atoms with Crippen molar-refractivity contribution >= 4 is 5.97 Å². The highest BCUT2D eigenvalue weighted by Crippen LogP contribution is 2.25. The minimum atomic E-state index is -0.134. The molecule has 0 aliphatic carbocycles. The summed E-state index contributed by atoms with van der Waals surface area (Å²) in [6, 6.07) is 10.2. The Hall–Kier alpha value is -1.35. The smallest absolute Gasteiger partial charge is 0.323 e. The van der Waals surface area contributed by atoms with Gasteiger partial charge in [0.05, 0.1) is 6.61 Å². The molecule has 1 unspecified atom stereocenters. The number of nitrogens with one attached hydrogen (secondary N) is 1. The second-order valence-corrected chi connectivity index (χ2v) is 4.06. The average Bonchev–Trinajstić information content (AvgIpc) is 2.80. The molecule has 3 nitrogen and oxygen atoms in total. The second kappa shape index (κ2) is 5.12. The minimum Gasteiger partial charge on any atom is -0.465 e. The Morgan fingerprint density at radius 1 is 1.44 bits per heavy atom. The van der Waals surface area contributed by atoms with Crippen LogP contribution in [0, 0.1) is 0 Å². The molecule has 2 rings (SSSR count). The third-order valence-corrected chi connectivity index (χ3v) is 2.97. The Kier molecular flexibility index (Phi) is 3.57. The minimum absolute atomic E-state index is 0.124. The number of carbonyl (C=O) groups excluding carboxylic acids is 1. The molecule has 1 aliphatic heterocycles. The maximum absolute atomic E-state index is 11.5. The van der Waals surface area contributed by atoms with Crippen molar-refractivity contribution in [3.05, 3.63) is 35.9 Å². The van der Waals surface area contributed by atoms with Gasteiger partial charge in [0.15, 0.2) is 0 Å². The van der Waals surface area contributed by atoms with Crippen molar-refractivity contribution in [2.24, 2.45) is 0 Å². The Morgan fingerprint density at radius 3 is 2.88 bits per heavy atom. The number of benzene rings is 1. The number of esters is 1. The van der Waals surface area contributed by atoms with E-state index >= 15 is 0 Å². The molecule has 0 saturated carbocycles. The molecule has 0 amide bonds. The van der Waals surface area contributed by atoms with E-state index in [4.69, 9.17) is 4.74 Å². The first kappa shape index (κ1) is 11.1. The topological polar surface area (TPSA) is 38.3 Å². The van der Waals surface area contributed by atoms with Gasteiger partial charge in [-0.1, -0.05) is 30.3 Å². The summed E-state index contributed by atoms with van der Waals surface area (Å²) in [5.41, 5.74) is 1.29. The van der Waals surface area contributed by atoms with Crippen LogP contribution in [0.4, 0.5) is 0 Å². The number of carbonyl (C=O) groups is 1. The first-order chi connectivity index (χ1) is 7.81. The SMILES string of the molecule is CCOC(=O)[C@@H]1CC(c2ccccc2)CN1. The number of ether oxygens (including phenoxy) is 1. The van der Waals surface area contributed by atoms with Gasteiger partial charge in [-0.15, -0.1) is 0 Å². The molecule has 86 valence electrons. The second-order valence-electron chi connectivity index (χ2n) is 4.06. The van der Waals surface area contributed by atoms with Gasteiger partial charge in [-0.25, -0.2) is 0 Å². The zero-order valence-corrected chi connectivity index (χ0v) is 9.48. The predicted molar refractivity (Wildman–Crippen MR) is 62.2 cm³/mol. The van der Waals surface area contributed by atoms with E-state index < -0.39 is 0 Å². The first-order valence-electron chi connectivity index (χ1n) is 5.76. The first-order valence-corrected chi connectivity index (χ1v) is 5.76. The third-order valence-electron chi connectivity index (χ3n) is 2.97. The highest BCUT2D eigenvalue weighted by atomic mass is 16.5. The van der Waals surface area contributed by atoms with E-state index in [1.807, 2.05) is 25.1 Å². The van der Waals surface area contributed by atoms with Gasteiger partial charge < -0.3 is 10.1 Å². The molecule has 1 N–H and O–H groups in total. The molecule has 1 aromatic carbocycles. The Balaban J connectivity index is 1.96. The van der Waals surface area contributed by atoms with Crippen LogP contribution in [0.3, 0.4) is 0 Å². The molecule has 0 aromatic heterocycles. The molecule has 2 atom stereocenters. The van der Waals surface area contributed by atoms with Crippen LogP contribution in [0.1, 0.15) is 24.8 Å². The van der Waals surface area contributed by atoms with Crippen LogP contribution in [0.15, 0.2) is 30.3 Å². The number of hydrogen-bond donors (Lipinski definition) is 1.